The van der Waals surface area contributed by atoms with Crippen molar-refractivity contribution in [2.24, 2.45) is 5.41 Å². The van der Waals surface area contributed by atoms with Gasteiger partial charge in [0.2, 0.25) is 0 Å². The third-order valence-corrected chi connectivity index (χ3v) is 3.68. The molecule has 0 radical (unpaired) electrons. The molecule has 0 spiro atoms. The van der Waals surface area contributed by atoms with Gasteiger partial charge in [-0.15, -0.1) is 0 Å². The number of rotatable bonds is 6. The second-order valence-corrected chi connectivity index (χ2v) is 5.56. The van der Waals surface area contributed by atoms with Crippen LogP contribution in [0.25, 0.3) is 0 Å². The Balaban J connectivity index is 4.86. The average molecular weight is 258 g/mol. The molecule has 106 valence electrons. The summed E-state index contributed by atoms with van der Waals surface area (Å²) < 4.78 is 0. The summed E-state index contributed by atoms with van der Waals surface area (Å²) in [6.45, 7) is 11.9. The monoisotopic (exact) mass is 258 g/mol. The van der Waals surface area contributed by atoms with E-state index in [0.717, 1.165) is 6.42 Å². The second-order valence-electron chi connectivity index (χ2n) is 5.56. The van der Waals surface area contributed by atoms with E-state index in [9.17, 15) is 14.7 Å². The highest BCUT2D eigenvalue weighted by atomic mass is 16.4. The molecule has 0 aliphatic carbocycles. The summed E-state index contributed by atoms with van der Waals surface area (Å²) in [5.74, 6) is -0.925. The van der Waals surface area contributed by atoms with Crippen molar-refractivity contribution in [1.82, 2.24) is 10.2 Å². The minimum atomic E-state index is -1.03. The third kappa shape index (κ3) is 3.62. The van der Waals surface area contributed by atoms with Crippen LogP contribution in [-0.4, -0.2) is 40.6 Å². The fraction of sp³-hybridized carbons (Fsp3) is 0.846. The van der Waals surface area contributed by atoms with E-state index in [1.54, 1.807) is 32.6 Å². The van der Waals surface area contributed by atoms with Gasteiger partial charge in [0, 0.05) is 13.1 Å². The lowest BCUT2D eigenvalue weighted by Crippen LogP contribution is -2.59. The Morgan fingerprint density at radius 3 is 2.00 bits per heavy atom. The van der Waals surface area contributed by atoms with Crippen LogP contribution < -0.4 is 5.32 Å². The number of nitrogens with zero attached hydrogens (tertiary/aromatic N) is 1. The number of amides is 2. The van der Waals surface area contributed by atoms with Crippen LogP contribution in [-0.2, 0) is 4.79 Å². The fourth-order valence-corrected chi connectivity index (χ4v) is 1.44. The Morgan fingerprint density at radius 1 is 1.17 bits per heavy atom. The zero-order chi connectivity index (χ0) is 14.6. The summed E-state index contributed by atoms with van der Waals surface area (Å²) >= 11 is 0. The molecule has 5 heteroatoms. The molecule has 0 saturated carbocycles. The van der Waals surface area contributed by atoms with Crippen LogP contribution in [0.4, 0.5) is 4.79 Å². The van der Waals surface area contributed by atoms with Gasteiger partial charge in [0.25, 0.3) is 0 Å². The third-order valence-electron chi connectivity index (χ3n) is 3.68. The van der Waals surface area contributed by atoms with Crippen molar-refractivity contribution in [2.75, 3.05) is 13.1 Å². The van der Waals surface area contributed by atoms with Crippen molar-refractivity contribution in [3.63, 3.8) is 0 Å². The topological polar surface area (TPSA) is 69.6 Å². The maximum absolute atomic E-state index is 12.1. The van der Waals surface area contributed by atoms with Gasteiger partial charge in [-0.05, 0) is 41.0 Å². The highest BCUT2D eigenvalue weighted by Crippen LogP contribution is 2.30. The average Bonchev–Trinajstić information content (AvgIpc) is 2.24. The van der Waals surface area contributed by atoms with E-state index in [4.69, 9.17) is 0 Å². The molecule has 18 heavy (non-hydrogen) atoms. The van der Waals surface area contributed by atoms with Crippen LogP contribution in [0.1, 0.15) is 48.0 Å². The summed E-state index contributed by atoms with van der Waals surface area (Å²) in [4.78, 5) is 25.0. The van der Waals surface area contributed by atoms with Gasteiger partial charge in [-0.25, -0.2) is 4.79 Å². The highest BCUT2D eigenvalue weighted by Gasteiger charge is 2.44. The van der Waals surface area contributed by atoms with Gasteiger partial charge >= 0.3 is 12.0 Å². The van der Waals surface area contributed by atoms with Crippen LogP contribution in [0.2, 0.25) is 0 Å². The molecule has 2 amide bonds. The zero-order valence-electron chi connectivity index (χ0n) is 12.3. The van der Waals surface area contributed by atoms with Crippen molar-refractivity contribution in [2.45, 2.75) is 53.5 Å². The maximum atomic E-state index is 12.1. The van der Waals surface area contributed by atoms with Crippen molar-refractivity contribution in [1.29, 1.82) is 0 Å². The van der Waals surface area contributed by atoms with Crippen LogP contribution in [0.3, 0.4) is 0 Å². The fourth-order valence-electron chi connectivity index (χ4n) is 1.44. The smallest absolute Gasteiger partial charge is 0.317 e. The van der Waals surface area contributed by atoms with E-state index >= 15 is 0 Å². The normalized spacial score (nSPS) is 12.1. The van der Waals surface area contributed by atoms with E-state index < -0.39 is 16.9 Å². The number of carbonyl (C=O) groups excluding carboxylic acids is 1. The molecule has 0 aliphatic heterocycles. The Morgan fingerprint density at radius 2 is 1.67 bits per heavy atom. The van der Waals surface area contributed by atoms with Crippen molar-refractivity contribution >= 4 is 12.0 Å². The molecule has 2 N–H and O–H groups in total. The molecule has 0 aromatic rings. The first-order valence-electron chi connectivity index (χ1n) is 6.40. The number of hydrogen-bond acceptors (Lipinski definition) is 2. The van der Waals surface area contributed by atoms with Gasteiger partial charge in [0.1, 0.15) is 0 Å². The van der Waals surface area contributed by atoms with Crippen LogP contribution >= 0.6 is 0 Å². The number of nitrogens with one attached hydrogen (secondary N) is 1. The molecule has 5 nitrogen and oxygen atoms in total. The van der Waals surface area contributed by atoms with Gasteiger partial charge < -0.3 is 15.3 Å². The first kappa shape index (κ1) is 16.7. The van der Waals surface area contributed by atoms with Crippen molar-refractivity contribution in [3.05, 3.63) is 0 Å². The molecule has 0 rings (SSSR count). The first-order valence-corrected chi connectivity index (χ1v) is 6.40. The Bertz CT molecular complexity index is 311. The molecule has 0 saturated heterocycles. The van der Waals surface area contributed by atoms with Crippen LogP contribution in [0, 0.1) is 5.41 Å². The van der Waals surface area contributed by atoms with E-state index in [2.05, 4.69) is 5.32 Å². The molecular weight excluding hydrogens is 232 g/mol. The van der Waals surface area contributed by atoms with Gasteiger partial charge in [-0.2, -0.15) is 0 Å². The Kier molecular flexibility index (Phi) is 5.64. The van der Waals surface area contributed by atoms with E-state index in [-0.39, 0.29) is 6.03 Å². The standard InChI is InChI=1S/C13H26N2O3/c1-7-9-15(8-2)11(18)14-13(5,6)12(3,4)10(16)17/h7-9H2,1-6H3,(H,14,18)(H,16,17). The maximum Gasteiger partial charge on any atom is 0.317 e. The van der Waals surface area contributed by atoms with Gasteiger partial charge in [0.15, 0.2) is 0 Å². The zero-order valence-corrected chi connectivity index (χ0v) is 12.3. The molecule has 0 unspecified atom stereocenters. The number of carboxylic acid groups (broad SMARTS) is 1. The number of urea groups is 1. The van der Waals surface area contributed by atoms with Crippen LogP contribution in [0.5, 0.6) is 0 Å². The van der Waals surface area contributed by atoms with E-state index in [1.807, 2.05) is 13.8 Å². The lowest BCUT2D eigenvalue weighted by molar-refractivity contribution is -0.150. The largest absolute Gasteiger partial charge is 0.481 e. The summed E-state index contributed by atoms with van der Waals surface area (Å²) in [5.41, 5.74) is -1.86. The number of carboxylic acids is 1. The highest BCUT2D eigenvalue weighted by molar-refractivity contribution is 5.79. The summed E-state index contributed by atoms with van der Waals surface area (Å²) in [7, 11) is 0. The number of hydrogen-bond donors (Lipinski definition) is 2. The predicted octanol–water partition coefficient (Wildman–Crippen LogP) is 2.32. The van der Waals surface area contributed by atoms with Gasteiger partial charge in [-0.1, -0.05) is 6.92 Å². The van der Waals surface area contributed by atoms with Crippen LogP contribution in [0.15, 0.2) is 0 Å². The van der Waals surface area contributed by atoms with E-state index in [0.29, 0.717) is 13.1 Å². The minimum absolute atomic E-state index is 0.210. The molecule has 0 aliphatic rings. The SMILES string of the molecule is CCCN(CC)C(=O)NC(C)(C)C(C)(C)C(=O)O. The van der Waals surface area contributed by atoms with Crippen molar-refractivity contribution < 1.29 is 14.7 Å². The first-order chi connectivity index (χ1) is 8.10. The molecule has 0 aromatic carbocycles. The quantitative estimate of drug-likeness (QED) is 0.768. The summed E-state index contributed by atoms with van der Waals surface area (Å²) in [6, 6.07) is -0.210. The lowest BCUT2D eigenvalue weighted by Gasteiger charge is -2.40. The summed E-state index contributed by atoms with van der Waals surface area (Å²) in [5, 5.41) is 12.0. The minimum Gasteiger partial charge on any atom is -0.481 e. The summed E-state index contributed by atoms with van der Waals surface area (Å²) in [6.07, 6.45) is 0.879. The molecule has 0 aromatic heterocycles. The number of aliphatic carboxylic acids is 1. The predicted molar refractivity (Wildman–Crippen MR) is 71.6 cm³/mol. The lowest BCUT2D eigenvalue weighted by atomic mass is 9.74. The molecular formula is C13H26N2O3. The Labute approximate surface area is 110 Å². The molecule has 0 fully saturated rings. The molecule has 0 atom stereocenters. The number of carbonyl (C=O) groups is 2. The second kappa shape index (κ2) is 6.07. The van der Waals surface area contributed by atoms with Gasteiger partial charge in [-0.3, -0.25) is 4.79 Å². The van der Waals surface area contributed by atoms with Gasteiger partial charge in [0.05, 0.1) is 11.0 Å². The van der Waals surface area contributed by atoms with Crippen molar-refractivity contribution in [3.8, 4) is 0 Å². The Hall–Kier alpha value is -1.26. The van der Waals surface area contributed by atoms with E-state index in [1.165, 1.54) is 0 Å². The molecule has 0 heterocycles. The molecule has 0 bridgehead atoms.